The topological polar surface area (TPSA) is 59.4 Å². The molecule has 0 aliphatic rings. The van der Waals surface area contributed by atoms with E-state index in [1.807, 2.05) is 19.9 Å². The molecule has 1 aromatic heterocycles. The number of furan rings is 1. The van der Waals surface area contributed by atoms with Crippen LogP contribution in [0.25, 0.3) is 0 Å². The number of hydrogen-bond acceptors (Lipinski definition) is 3. The van der Waals surface area contributed by atoms with E-state index in [0.717, 1.165) is 17.1 Å². The van der Waals surface area contributed by atoms with Crippen LogP contribution in [0.15, 0.2) is 10.5 Å². The van der Waals surface area contributed by atoms with Crippen molar-refractivity contribution >= 4 is 0 Å². The van der Waals surface area contributed by atoms with Crippen molar-refractivity contribution in [1.82, 2.24) is 0 Å². The maximum atomic E-state index is 9.01. The monoisotopic (exact) mass is 169 g/mol. The molecule has 3 heteroatoms. The molecule has 0 fully saturated rings. The Labute approximate surface area is 72.2 Å². The third-order valence-corrected chi connectivity index (χ3v) is 1.98. The summed E-state index contributed by atoms with van der Waals surface area (Å²) >= 11 is 0. The fourth-order valence-corrected chi connectivity index (χ4v) is 1.28. The van der Waals surface area contributed by atoms with Gasteiger partial charge in [-0.3, -0.25) is 0 Å². The largest absolute Gasteiger partial charge is 0.466 e. The van der Waals surface area contributed by atoms with Crippen molar-refractivity contribution in [2.45, 2.75) is 26.3 Å². The molecule has 0 unspecified atom stereocenters. The van der Waals surface area contributed by atoms with Crippen LogP contribution in [0.4, 0.5) is 0 Å². The maximum Gasteiger partial charge on any atom is 0.106 e. The van der Waals surface area contributed by atoms with Gasteiger partial charge in [-0.05, 0) is 26.8 Å². The van der Waals surface area contributed by atoms with Crippen LogP contribution in [0, 0.1) is 13.8 Å². The molecule has 0 aromatic carbocycles. The van der Waals surface area contributed by atoms with Crippen molar-refractivity contribution in [2.24, 2.45) is 5.73 Å². The molecule has 68 valence electrons. The van der Waals surface area contributed by atoms with Gasteiger partial charge in [-0.1, -0.05) is 0 Å². The molecule has 0 radical (unpaired) electrons. The van der Waals surface area contributed by atoms with Gasteiger partial charge in [-0.15, -0.1) is 0 Å². The van der Waals surface area contributed by atoms with Gasteiger partial charge in [0.05, 0.1) is 12.1 Å². The Bertz CT molecular complexity index is 276. The summed E-state index contributed by atoms with van der Waals surface area (Å²) in [4.78, 5) is 0. The Balaban J connectivity index is 3.09. The average Bonchev–Trinajstić information content (AvgIpc) is 2.31. The van der Waals surface area contributed by atoms with Crippen LogP contribution in [0.3, 0.4) is 0 Å². The molecule has 3 nitrogen and oxygen atoms in total. The van der Waals surface area contributed by atoms with Crippen molar-refractivity contribution in [3.05, 3.63) is 23.2 Å². The zero-order valence-electron chi connectivity index (χ0n) is 7.72. The lowest BCUT2D eigenvalue weighted by molar-refractivity contribution is 0.208. The van der Waals surface area contributed by atoms with Gasteiger partial charge in [0.1, 0.15) is 11.5 Å². The number of rotatable bonds is 2. The molecule has 0 spiro atoms. The lowest BCUT2D eigenvalue weighted by Gasteiger charge is -2.20. The molecule has 0 amide bonds. The highest BCUT2D eigenvalue weighted by Crippen LogP contribution is 2.23. The van der Waals surface area contributed by atoms with E-state index in [1.165, 1.54) is 0 Å². The standard InChI is InChI=1S/C9H15NO2/c1-6-4-8(7(2)12-6)9(3,10)5-11/h4,11H,5,10H2,1-3H3/t9-/m0/s1. The van der Waals surface area contributed by atoms with Crippen molar-refractivity contribution < 1.29 is 9.52 Å². The van der Waals surface area contributed by atoms with E-state index in [2.05, 4.69) is 0 Å². The minimum Gasteiger partial charge on any atom is -0.466 e. The predicted molar refractivity (Wildman–Crippen MR) is 46.8 cm³/mol. The summed E-state index contributed by atoms with van der Waals surface area (Å²) in [5.41, 5.74) is 6.03. The summed E-state index contributed by atoms with van der Waals surface area (Å²) < 4.78 is 5.31. The molecule has 0 aliphatic carbocycles. The van der Waals surface area contributed by atoms with Gasteiger partial charge >= 0.3 is 0 Å². The lowest BCUT2D eigenvalue weighted by Crippen LogP contribution is -2.37. The highest BCUT2D eigenvalue weighted by Gasteiger charge is 2.24. The number of aliphatic hydroxyl groups is 1. The first kappa shape index (κ1) is 9.29. The Kier molecular flexibility index (Phi) is 2.26. The maximum absolute atomic E-state index is 9.01. The van der Waals surface area contributed by atoms with Crippen LogP contribution in [0.5, 0.6) is 0 Å². The first-order valence-corrected chi connectivity index (χ1v) is 3.94. The second-order valence-corrected chi connectivity index (χ2v) is 3.40. The minimum atomic E-state index is -0.693. The molecule has 0 aliphatic heterocycles. The van der Waals surface area contributed by atoms with E-state index in [1.54, 1.807) is 6.92 Å². The first-order valence-electron chi connectivity index (χ1n) is 3.94. The Morgan fingerprint density at radius 3 is 2.50 bits per heavy atom. The first-order chi connectivity index (χ1) is 5.47. The molecule has 0 bridgehead atoms. The quantitative estimate of drug-likeness (QED) is 0.696. The van der Waals surface area contributed by atoms with Crippen molar-refractivity contribution in [3.8, 4) is 0 Å². The number of nitrogens with two attached hydrogens (primary N) is 1. The van der Waals surface area contributed by atoms with Crippen molar-refractivity contribution in [2.75, 3.05) is 6.61 Å². The van der Waals surface area contributed by atoms with Crippen LogP contribution >= 0.6 is 0 Å². The summed E-state index contributed by atoms with van der Waals surface area (Å²) in [6.07, 6.45) is 0. The highest BCUT2D eigenvalue weighted by atomic mass is 16.3. The molecular formula is C9H15NO2. The molecular weight excluding hydrogens is 154 g/mol. The molecule has 12 heavy (non-hydrogen) atoms. The molecule has 1 atom stereocenters. The third-order valence-electron chi connectivity index (χ3n) is 1.98. The van der Waals surface area contributed by atoms with Crippen molar-refractivity contribution in [1.29, 1.82) is 0 Å². The van der Waals surface area contributed by atoms with Gasteiger partial charge in [0, 0.05) is 5.56 Å². The minimum absolute atomic E-state index is 0.0766. The SMILES string of the molecule is Cc1cc([C@@](C)(N)CO)c(C)o1. The fourth-order valence-electron chi connectivity index (χ4n) is 1.28. The molecule has 3 N–H and O–H groups in total. The molecule has 1 heterocycles. The van der Waals surface area contributed by atoms with E-state index >= 15 is 0 Å². The highest BCUT2D eigenvalue weighted by molar-refractivity contribution is 5.27. The van der Waals surface area contributed by atoms with Crippen LogP contribution < -0.4 is 5.73 Å². The summed E-state index contributed by atoms with van der Waals surface area (Å²) in [7, 11) is 0. The fraction of sp³-hybridized carbons (Fsp3) is 0.556. The van der Waals surface area contributed by atoms with E-state index in [9.17, 15) is 0 Å². The van der Waals surface area contributed by atoms with Gasteiger partial charge in [-0.25, -0.2) is 0 Å². The second kappa shape index (κ2) is 2.92. The Morgan fingerprint density at radius 2 is 2.17 bits per heavy atom. The summed E-state index contributed by atoms with van der Waals surface area (Å²) in [6.45, 7) is 5.42. The number of aliphatic hydroxyl groups excluding tert-OH is 1. The Morgan fingerprint density at radius 1 is 1.58 bits per heavy atom. The average molecular weight is 169 g/mol. The zero-order valence-corrected chi connectivity index (χ0v) is 7.72. The number of hydrogen-bond donors (Lipinski definition) is 2. The van der Waals surface area contributed by atoms with Crippen LogP contribution in [-0.2, 0) is 5.54 Å². The third kappa shape index (κ3) is 1.52. The van der Waals surface area contributed by atoms with Gasteiger partial charge in [0.2, 0.25) is 0 Å². The normalized spacial score (nSPS) is 16.1. The number of aryl methyl sites for hydroxylation is 2. The van der Waals surface area contributed by atoms with Crippen LogP contribution in [0.1, 0.15) is 24.0 Å². The van der Waals surface area contributed by atoms with E-state index in [-0.39, 0.29) is 6.61 Å². The van der Waals surface area contributed by atoms with Crippen molar-refractivity contribution in [3.63, 3.8) is 0 Å². The second-order valence-electron chi connectivity index (χ2n) is 3.40. The molecule has 0 saturated heterocycles. The van der Waals surface area contributed by atoms with Gasteiger partial charge < -0.3 is 15.3 Å². The van der Waals surface area contributed by atoms with E-state index in [0.29, 0.717) is 0 Å². The van der Waals surface area contributed by atoms with Crippen LogP contribution in [-0.4, -0.2) is 11.7 Å². The smallest absolute Gasteiger partial charge is 0.106 e. The van der Waals surface area contributed by atoms with E-state index in [4.69, 9.17) is 15.3 Å². The molecule has 1 aromatic rings. The lowest BCUT2D eigenvalue weighted by atomic mass is 9.95. The Hall–Kier alpha value is -0.800. The van der Waals surface area contributed by atoms with Gasteiger partial charge in [-0.2, -0.15) is 0 Å². The summed E-state index contributed by atoms with van der Waals surface area (Å²) in [5, 5.41) is 9.01. The molecule has 0 saturated carbocycles. The summed E-state index contributed by atoms with van der Waals surface area (Å²) in [6, 6.07) is 1.87. The van der Waals surface area contributed by atoms with Gasteiger partial charge in [0.15, 0.2) is 0 Å². The van der Waals surface area contributed by atoms with Gasteiger partial charge in [0.25, 0.3) is 0 Å². The summed E-state index contributed by atoms with van der Waals surface area (Å²) in [5.74, 6) is 1.61. The molecule has 1 rings (SSSR count). The van der Waals surface area contributed by atoms with E-state index < -0.39 is 5.54 Å². The van der Waals surface area contributed by atoms with Crippen LogP contribution in [0.2, 0.25) is 0 Å². The predicted octanol–water partition coefficient (Wildman–Crippen LogP) is 1.06. The zero-order chi connectivity index (χ0) is 9.35.